The lowest BCUT2D eigenvalue weighted by Crippen LogP contribution is -1.92. The number of ether oxygens (including phenoxy) is 2. The van der Waals surface area contributed by atoms with Crippen LogP contribution in [0.3, 0.4) is 0 Å². The first-order chi connectivity index (χ1) is 8.31. The van der Waals surface area contributed by atoms with Crippen molar-refractivity contribution in [2.24, 2.45) is 4.99 Å². The third-order valence-corrected chi connectivity index (χ3v) is 2.36. The van der Waals surface area contributed by atoms with Crippen LogP contribution in [0.2, 0.25) is 0 Å². The maximum Gasteiger partial charge on any atom is 0.231 e. The zero-order valence-electron chi connectivity index (χ0n) is 9.21. The molecule has 2 aromatic rings. The molecule has 1 aliphatic rings. The quantitative estimate of drug-likeness (QED) is 0.743. The van der Waals surface area contributed by atoms with Crippen LogP contribution in [-0.2, 0) is 0 Å². The molecule has 0 radical (unpaired) electrons. The lowest BCUT2D eigenvalue weighted by atomic mass is 10.2. The van der Waals surface area contributed by atoms with Crippen LogP contribution in [0.15, 0.2) is 33.8 Å². The highest BCUT2D eigenvalue weighted by atomic mass is 16.7. The van der Waals surface area contributed by atoms with Gasteiger partial charge in [0.2, 0.25) is 6.79 Å². The van der Waals surface area contributed by atoms with Crippen molar-refractivity contribution < 1.29 is 14.0 Å². The summed E-state index contributed by atoms with van der Waals surface area (Å²) in [4.78, 5) is 4.20. The Morgan fingerprint density at radius 1 is 1.24 bits per heavy atom. The Bertz CT molecular complexity index is 575. The number of hydrogen-bond acceptors (Lipinski definition) is 5. The Balaban J connectivity index is 1.83. The predicted molar refractivity (Wildman–Crippen MR) is 61.1 cm³/mol. The summed E-state index contributed by atoms with van der Waals surface area (Å²) < 4.78 is 15.4. The molecule has 0 fully saturated rings. The molecule has 1 aromatic carbocycles. The molecular weight excluding hydrogens is 220 g/mol. The summed E-state index contributed by atoms with van der Waals surface area (Å²) in [6.07, 6.45) is 1.71. The van der Waals surface area contributed by atoms with Crippen LogP contribution < -0.4 is 9.47 Å². The van der Waals surface area contributed by atoms with Gasteiger partial charge in [-0.2, -0.15) is 0 Å². The average Bonchev–Trinajstić information content (AvgIpc) is 2.94. The van der Waals surface area contributed by atoms with Crippen LogP contribution in [0, 0.1) is 6.92 Å². The van der Waals surface area contributed by atoms with Crippen molar-refractivity contribution in [1.29, 1.82) is 0 Å². The molecule has 17 heavy (non-hydrogen) atoms. The molecule has 5 nitrogen and oxygen atoms in total. The van der Waals surface area contributed by atoms with Crippen LogP contribution in [0.1, 0.15) is 11.3 Å². The molecule has 0 bridgehead atoms. The van der Waals surface area contributed by atoms with Gasteiger partial charge in [0.25, 0.3) is 0 Å². The first kappa shape index (κ1) is 9.89. The molecule has 0 atom stereocenters. The number of hydrogen-bond donors (Lipinski definition) is 0. The van der Waals surface area contributed by atoms with Gasteiger partial charge in [-0.25, -0.2) is 4.99 Å². The van der Waals surface area contributed by atoms with E-state index in [-0.39, 0.29) is 6.79 Å². The van der Waals surface area contributed by atoms with Crippen molar-refractivity contribution in [2.75, 3.05) is 6.79 Å². The maximum atomic E-state index is 5.28. The van der Waals surface area contributed by atoms with Crippen molar-refractivity contribution in [3.8, 4) is 11.5 Å². The smallest absolute Gasteiger partial charge is 0.231 e. The number of aliphatic imine (C=N–C) groups is 1. The SMILES string of the molecule is Cc1cc(N=Cc2ccc3c(c2)OCO3)no1. The summed E-state index contributed by atoms with van der Waals surface area (Å²) in [6, 6.07) is 7.41. The van der Waals surface area contributed by atoms with Crippen LogP contribution in [0.25, 0.3) is 0 Å². The number of fused-ring (bicyclic) bond motifs is 1. The van der Waals surface area contributed by atoms with Crippen LogP contribution in [-0.4, -0.2) is 18.2 Å². The molecule has 0 spiro atoms. The predicted octanol–water partition coefficient (Wildman–Crippen LogP) is 2.46. The highest BCUT2D eigenvalue weighted by molar-refractivity contribution is 5.82. The third-order valence-electron chi connectivity index (χ3n) is 2.36. The zero-order valence-corrected chi connectivity index (χ0v) is 9.21. The Kier molecular flexibility index (Phi) is 2.29. The first-order valence-corrected chi connectivity index (χ1v) is 5.18. The molecule has 0 N–H and O–H groups in total. The normalized spacial score (nSPS) is 13.5. The van der Waals surface area contributed by atoms with Crippen molar-refractivity contribution >= 4 is 12.0 Å². The average molecular weight is 230 g/mol. The molecular formula is C12H10N2O3. The maximum absolute atomic E-state index is 5.28. The van der Waals surface area contributed by atoms with Gasteiger partial charge in [-0.3, -0.25) is 0 Å². The Morgan fingerprint density at radius 3 is 2.94 bits per heavy atom. The van der Waals surface area contributed by atoms with E-state index in [0.717, 1.165) is 22.8 Å². The highest BCUT2D eigenvalue weighted by Gasteiger charge is 2.12. The number of aryl methyl sites for hydroxylation is 1. The minimum atomic E-state index is 0.276. The van der Waals surface area contributed by atoms with Gasteiger partial charge in [0.05, 0.1) is 0 Å². The van der Waals surface area contributed by atoms with E-state index in [4.69, 9.17) is 14.0 Å². The summed E-state index contributed by atoms with van der Waals surface area (Å²) in [5.74, 6) is 2.80. The lowest BCUT2D eigenvalue weighted by molar-refractivity contribution is 0.174. The molecule has 5 heteroatoms. The fourth-order valence-corrected chi connectivity index (χ4v) is 1.55. The van der Waals surface area contributed by atoms with E-state index in [1.807, 2.05) is 25.1 Å². The molecule has 0 saturated carbocycles. The molecule has 86 valence electrons. The van der Waals surface area contributed by atoms with Crippen molar-refractivity contribution in [3.05, 3.63) is 35.6 Å². The van der Waals surface area contributed by atoms with Gasteiger partial charge < -0.3 is 14.0 Å². The van der Waals surface area contributed by atoms with Gasteiger partial charge in [0, 0.05) is 12.3 Å². The standard InChI is InChI=1S/C12H10N2O3/c1-8-4-12(14-17-8)13-6-9-2-3-10-11(5-9)16-7-15-10/h2-6H,7H2,1H3. The van der Waals surface area contributed by atoms with E-state index in [2.05, 4.69) is 10.1 Å². The van der Waals surface area contributed by atoms with Crippen LogP contribution in [0.4, 0.5) is 5.82 Å². The summed E-state index contributed by atoms with van der Waals surface area (Å²) in [5.41, 5.74) is 0.926. The molecule has 1 aromatic heterocycles. The number of rotatable bonds is 2. The summed E-state index contributed by atoms with van der Waals surface area (Å²) in [7, 11) is 0. The molecule has 0 aliphatic carbocycles. The first-order valence-electron chi connectivity index (χ1n) is 5.18. The summed E-state index contributed by atoms with van der Waals surface area (Å²) >= 11 is 0. The molecule has 0 saturated heterocycles. The van der Waals surface area contributed by atoms with Crippen molar-refractivity contribution in [2.45, 2.75) is 6.92 Å². The van der Waals surface area contributed by atoms with E-state index >= 15 is 0 Å². The van der Waals surface area contributed by atoms with E-state index < -0.39 is 0 Å². The van der Waals surface area contributed by atoms with Gasteiger partial charge in [0.15, 0.2) is 17.3 Å². The second-order valence-corrected chi connectivity index (χ2v) is 3.67. The number of benzene rings is 1. The highest BCUT2D eigenvalue weighted by Crippen LogP contribution is 2.32. The monoisotopic (exact) mass is 230 g/mol. The summed E-state index contributed by atoms with van der Waals surface area (Å²) in [5, 5.41) is 3.77. The number of nitrogens with zero attached hydrogens (tertiary/aromatic N) is 2. The fraction of sp³-hybridized carbons (Fsp3) is 0.167. The van der Waals surface area contributed by atoms with Gasteiger partial charge in [-0.05, 0) is 30.7 Å². The van der Waals surface area contributed by atoms with Crippen molar-refractivity contribution in [1.82, 2.24) is 5.16 Å². The third kappa shape index (κ3) is 1.99. The van der Waals surface area contributed by atoms with Crippen LogP contribution >= 0.6 is 0 Å². The van der Waals surface area contributed by atoms with Gasteiger partial charge in [-0.15, -0.1) is 0 Å². The largest absolute Gasteiger partial charge is 0.454 e. The zero-order chi connectivity index (χ0) is 11.7. The minimum absolute atomic E-state index is 0.276. The van der Waals surface area contributed by atoms with Crippen molar-refractivity contribution in [3.63, 3.8) is 0 Å². The molecule has 2 heterocycles. The Hall–Kier alpha value is -2.30. The number of aromatic nitrogens is 1. The van der Waals surface area contributed by atoms with Gasteiger partial charge in [-0.1, -0.05) is 5.16 Å². The molecule has 1 aliphatic heterocycles. The van der Waals surface area contributed by atoms with E-state index in [1.54, 1.807) is 12.3 Å². The fourth-order valence-electron chi connectivity index (χ4n) is 1.55. The van der Waals surface area contributed by atoms with Gasteiger partial charge in [0.1, 0.15) is 5.76 Å². The topological polar surface area (TPSA) is 56.9 Å². The second-order valence-electron chi connectivity index (χ2n) is 3.67. The van der Waals surface area contributed by atoms with Gasteiger partial charge >= 0.3 is 0 Å². The van der Waals surface area contributed by atoms with E-state index in [9.17, 15) is 0 Å². The lowest BCUT2D eigenvalue weighted by Gasteiger charge is -1.96. The molecule has 0 unspecified atom stereocenters. The van der Waals surface area contributed by atoms with E-state index in [1.165, 1.54) is 0 Å². The minimum Gasteiger partial charge on any atom is -0.454 e. The Morgan fingerprint density at radius 2 is 2.12 bits per heavy atom. The molecule has 3 rings (SSSR count). The van der Waals surface area contributed by atoms with E-state index in [0.29, 0.717) is 5.82 Å². The summed E-state index contributed by atoms with van der Waals surface area (Å²) in [6.45, 7) is 2.10. The molecule has 0 amide bonds. The van der Waals surface area contributed by atoms with Crippen LogP contribution in [0.5, 0.6) is 11.5 Å². The Labute approximate surface area is 97.7 Å². The second kappa shape index (κ2) is 3.93.